The summed E-state index contributed by atoms with van der Waals surface area (Å²) >= 11 is 5.60. The summed E-state index contributed by atoms with van der Waals surface area (Å²) in [6.45, 7) is 5.74. The van der Waals surface area contributed by atoms with Crippen molar-refractivity contribution < 1.29 is 13.2 Å². The van der Waals surface area contributed by atoms with Crippen molar-refractivity contribution in [3.05, 3.63) is 17.0 Å². The lowest BCUT2D eigenvalue weighted by atomic mass is 10.0. The molecule has 104 valence electrons. The van der Waals surface area contributed by atoms with Crippen LogP contribution in [0.25, 0.3) is 0 Å². The maximum absolute atomic E-state index is 12.7. The van der Waals surface area contributed by atoms with Crippen molar-refractivity contribution in [1.29, 1.82) is 0 Å². The van der Waals surface area contributed by atoms with Crippen LogP contribution in [0.3, 0.4) is 0 Å². The van der Waals surface area contributed by atoms with Crippen molar-refractivity contribution in [3.8, 4) is 0 Å². The minimum absolute atomic E-state index is 0.183. The lowest BCUT2D eigenvalue weighted by molar-refractivity contribution is -0.141. The molecule has 19 heavy (non-hydrogen) atoms. The van der Waals surface area contributed by atoms with Crippen LogP contribution in [-0.4, -0.2) is 23.1 Å². The molecule has 2 heterocycles. The summed E-state index contributed by atoms with van der Waals surface area (Å²) in [5.41, 5.74) is -0.621. The van der Waals surface area contributed by atoms with Gasteiger partial charge in [-0.2, -0.15) is 13.2 Å². The van der Waals surface area contributed by atoms with Crippen molar-refractivity contribution in [2.24, 2.45) is 10.8 Å². The van der Waals surface area contributed by atoms with E-state index in [4.69, 9.17) is 11.6 Å². The van der Waals surface area contributed by atoms with Gasteiger partial charge in [-0.15, -0.1) is 0 Å². The van der Waals surface area contributed by atoms with E-state index in [1.807, 2.05) is 4.90 Å². The second-order valence-corrected chi connectivity index (χ2v) is 6.37. The Morgan fingerprint density at radius 2 is 1.79 bits per heavy atom. The molecular weight excluding hydrogens is 279 g/mol. The van der Waals surface area contributed by atoms with E-state index in [2.05, 4.69) is 23.8 Å². The van der Waals surface area contributed by atoms with Gasteiger partial charge in [0.15, 0.2) is 5.69 Å². The van der Waals surface area contributed by atoms with Gasteiger partial charge in [0.2, 0.25) is 5.28 Å². The van der Waals surface area contributed by atoms with Gasteiger partial charge < -0.3 is 4.90 Å². The Bertz CT molecular complexity index is 532. The summed E-state index contributed by atoms with van der Waals surface area (Å²) in [6, 6.07) is 0.976. The fourth-order valence-electron chi connectivity index (χ4n) is 3.08. The second kappa shape index (κ2) is 3.53. The van der Waals surface area contributed by atoms with Gasteiger partial charge in [0.25, 0.3) is 0 Å². The molecule has 3 nitrogen and oxygen atoms in total. The number of alkyl halides is 3. The van der Waals surface area contributed by atoms with Gasteiger partial charge in [-0.3, -0.25) is 0 Å². The van der Waals surface area contributed by atoms with Gasteiger partial charge in [-0.1, -0.05) is 13.8 Å². The van der Waals surface area contributed by atoms with Crippen molar-refractivity contribution in [1.82, 2.24) is 9.97 Å². The van der Waals surface area contributed by atoms with E-state index in [0.29, 0.717) is 13.1 Å². The van der Waals surface area contributed by atoms with Crippen LogP contribution in [0, 0.1) is 10.8 Å². The molecule has 7 heteroatoms. The van der Waals surface area contributed by atoms with Gasteiger partial charge in [-0.05, 0) is 28.9 Å². The number of halogens is 4. The van der Waals surface area contributed by atoms with Crippen LogP contribution in [0.1, 0.15) is 26.0 Å². The molecule has 1 saturated carbocycles. The number of fused-ring (bicyclic) bond motifs is 1. The highest BCUT2D eigenvalue weighted by Gasteiger charge is 2.66. The van der Waals surface area contributed by atoms with Crippen LogP contribution in [0.15, 0.2) is 6.07 Å². The Labute approximate surface area is 113 Å². The van der Waals surface area contributed by atoms with E-state index in [-0.39, 0.29) is 21.9 Å². The zero-order chi connectivity index (χ0) is 14.1. The number of hydrogen-bond acceptors (Lipinski definition) is 3. The predicted octanol–water partition coefficient (Wildman–Crippen LogP) is 3.39. The molecule has 1 aromatic rings. The van der Waals surface area contributed by atoms with Crippen molar-refractivity contribution >= 4 is 17.4 Å². The molecule has 2 aliphatic rings. The molecule has 1 aliphatic carbocycles. The lowest BCUT2D eigenvalue weighted by Gasteiger charge is -2.22. The topological polar surface area (TPSA) is 29.0 Å². The fraction of sp³-hybridized carbons (Fsp3) is 0.667. The Morgan fingerprint density at radius 3 is 2.32 bits per heavy atom. The summed E-state index contributed by atoms with van der Waals surface area (Å²) in [5, 5.41) is -0.360. The highest BCUT2D eigenvalue weighted by Crippen LogP contribution is 2.68. The van der Waals surface area contributed by atoms with Gasteiger partial charge in [0.1, 0.15) is 5.82 Å². The van der Waals surface area contributed by atoms with Gasteiger partial charge in [-0.25, -0.2) is 9.97 Å². The van der Waals surface area contributed by atoms with E-state index in [9.17, 15) is 13.2 Å². The van der Waals surface area contributed by atoms with Crippen LogP contribution in [0.4, 0.5) is 19.0 Å². The SMILES string of the molecule is C[C@@]12CN(c3cc(C(F)(F)F)nc(Cl)n3)C[C@]1(C)C2. The summed E-state index contributed by atoms with van der Waals surface area (Å²) in [7, 11) is 0. The summed E-state index contributed by atoms with van der Waals surface area (Å²) in [4.78, 5) is 9.04. The van der Waals surface area contributed by atoms with Crippen LogP contribution in [-0.2, 0) is 6.18 Å². The quantitative estimate of drug-likeness (QED) is 0.743. The Balaban J connectivity index is 1.93. The Morgan fingerprint density at radius 1 is 1.21 bits per heavy atom. The lowest BCUT2D eigenvalue weighted by Crippen LogP contribution is -2.26. The Hall–Kier alpha value is -1.04. The third kappa shape index (κ3) is 1.96. The van der Waals surface area contributed by atoms with E-state index < -0.39 is 11.9 Å². The predicted molar refractivity (Wildman–Crippen MR) is 65.1 cm³/mol. The molecule has 1 aliphatic heterocycles. The first-order chi connectivity index (χ1) is 8.63. The number of nitrogens with zero attached hydrogens (tertiary/aromatic N) is 3. The molecule has 0 aromatic carbocycles. The second-order valence-electron chi connectivity index (χ2n) is 6.03. The molecule has 0 bridgehead atoms. The number of aromatic nitrogens is 2. The minimum atomic E-state index is -4.50. The monoisotopic (exact) mass is 291 g/mol. The average Bonchev–Trinajstić information content (AvgIpc) is 2.66. The van der Waals surface area contributed by atoms with Crippen LogP contribution in [0.2, 0.25) is 5.28 Å². The molecule has 3 rings (SSSR count). The molecule has 1 saturated heterocycles. The highest BCUT2D eigenvalue weighted by molar-refractivity contribution is 6.28. The van der Waals surface area contributed by atoms with Crippen molar-refractivity contribution in [2.45, 2.75) is 26.4 Å². The zero-order valence-corrected chi connectivity index (χ0v) is 11.3. The summed E-state index contributed by atoms with van der Waals surface area (Å²) < 4.78 is 38.1. The molecule has 0 N–H and O–H groups in total. The number of rotatable bonds is 1. The number of piperidine rings is 1. The molecule has 0 radical (unpaired) electrons. The van der Waals surface area contributed by atoms with Crippen molar-refractivity contribution in [3.63, 3.8) is 0 Å². The molecule has 0 spiro atoms. The van der Waals surface area contributed by atoms with E-state index in [1.165, 1.54) is 0 Å². The molecule has 2 atom stereocenters. The highest BCUT2D eigenvalue weighted by atomic mass is 35.5. The normalized spacial score (nSPS) is 33.5. The zero-order valence-electron chi connectivity index (χ0n) is 10.6. The van der Waals surface area contributed by atoms with Gasteiger partial charge >= 0.3 is 6.18 Å². The first-order valence-electron chi connectivity index (χ1n) is 6.00. The van der Waals surface area contributed by atoms with E-state index >= 15 is 0 Å². The van der Waals surface area contributed by atoms with Gasteiger partial charge in [0, 0.05) is 19.2 Å². The smallest absolute Gasteiger partial charge is 0.355 e. The molecule has 0 amide bonds. The first-order valence-corrected chi connectivity index (χ1v) is 6.38. The summed E-state index contributed by atoms with van der Waals surface area (Å²) in [5.74, 6) is 0.266. The van der Waals surface area contributed by atoms with Crippen LogP contribution < -0.4 is 4.90 Å². The van der Waals surface area contributed by atoms with E-state index in [0.717, 1.165) is 12.5 Å². The molecule has 2 fully saturated rings. The Kier molecular flexibility index (Phi) is 2.41. The summed E-state index contributed by atoms with van der Waals surface area (Å²) in [6.07, 6.45) is -3.39. The largest absolute Gasteiger partial charge is 0.433 e. The number of anilines is 1. The third-order valence-electron chi connectivity index (χ3n) is 4.49. The van der Waals surface area contributed by atoms with Crippen LogP contribution >= 0.6 is 11.6 Å². The molecule has 0 unspecified atom stereocenters. The van der Waals surface area contributed by atoms with Gasteiger partial charge in [0.05, 0.1) is 0 Å². The standard InChI is InChI=1S/C12H13ClF3N3/c1-10-4-11(10,2)6-19(5-10)8-3-7(12(14,15)16)17-9(13)18-8/h3H,4-6H2,1-2H3/t10-,11+. The number of hydrogen-bond donors (Lipinski definition) is 0. The average molecular weight is 292 g/mol. The molecule has 1 aromatic heterocycles. The first kappa shape index (κ1) is 13.0. The van der Waals surface area contributed by atoms with E-state index in [1.54, 1.807) is 0 Å². The minimum Gasteiger partial charge on any atom is -0.355 e. The molecular formula is C12H13ClF3N3. The maximum atomic E-state index is 12.7. The van der Waals surface area contributed by atoms with Crippen LogP contribution in [0.5, 0.6) is 0 Å². The van der Waals surface area contributed by atoms with Crippen molar-refractivity contribution in [2.75, 3.05) is 18.0 Å². The third-order valence-corrected chi connectivity index (χ3v) is 4.66. The fourth-order valence-corrected chi connectivity index (χ4v) is 3.26. The maximum Gasteiger partial charge on any atom is 0.433 e.